The summed E-state index contributed by atoms with van der Waals surface area (Å²) in [6, 6.07) is 21.6. The number of benzene rings is 3. The molecule has 0 saturated heterocycles. The zero-order valence-corrected chi connectivity index (χ0v) is 22.6. The number of hydrogen-bond acceptors (Lipinski definition) is 7. The van der Waals surface area contributed by atoms with E-state index in [1.165, 1.54) is 9.91 Å². The number of amides is 2. The monoisotopic (exact) mass is 531 g/mol. The quantitative estimate of drug-likeness (QED) is 0.369. The van der Waals surface area contributed by atoms with Crippen LogP contribution in [0.15, 0.2) is 77.9 Å². The highest BCUT2D eigenvalue weighted by atomic mass is 16.5. The van der Waals surface area contributed by atoms with Crippen molar-refractivity contribution in [3.63, 3.8) is 0 Å². The van der Waals surface area contributed by atoms with Gasteiger partial charge in [-0.1, -0.05) is 24.3 Å². The van der Waals surface area contributed by atoms with E-state index in [1.54, 1.807) is 52.7 Å². The fraction of sp³-hybridized carbons (Fsp3) is 0.300. The first-order chi connectivity index (χ1) is 19.0. The maximum atomic E-state index is 13.8. The average molecular weight is 532 g/mol. The van der Waals surface area contributed by atoms with Crippen molar-refractivity contribution in [3.8, 4) is 17.2 Å². The highest BCUT2D eigenvalue weighted by molar-refractivity contribution is 6.04. The second kappa shape index (κ2) is 12.9. The topological polar surface area (TPSA) is 89.9 Å². The van der Waals surface area contributed by atoms with Gasteiger partial charge in [-0.3, -0.25) is 9.59 Å². The van der Waals surface area contributed by atoms with E-state index in [9.17, 15) is 9.59 Å². The Kier molecular flexibility index (Phi) is 9.17. The van der Waals surface area contributed by atoms with Crippen molar-refractivity contribution in [2.45, 2.75) is 12.5 Å². The lowest BCUT2D eigenvalue weighted by Crippen LogP contribution is -2.42. The third-order valence-electron chi connectivity index (χ3n) is 6.59. The number of hydrogen-bond donors (Lipinski definition) is 0. The molecule has 2 amide bonds. The Morgan fingerprint density at radius 1 is 0.872 bits per heavy atom. The highest BCUT2D eigenvalue weighted by Crippen LogP contribution is 2.34. The third kappa shape index (κ3) is 6.56. The molecular weight excluding hydrogens is 498 g/mol. The number of ether oxygens (including phenoxy) is 4. The van der Waals surface area contributed by atoms with Crippen LogP contribution in [0.2, 0.25) is 0 Å². The van der Waals surface area contributed by atoms with Gasteiger partial charge < -0.3 is 23.8 Å². The van der Waals surface area contributed by atoms with E-state index >= 15 is 0 Å². The lowest BCUT2D eigenvalue weighted by molar-refractivity contribution is -0.133. The summed E-state index contributed by atoms with van der Waals surface area (Å²) in [4.78, 5) is 28.6. The zero-order chi connectivity index (χ0) is 27.8. The van der Waals surface area contributed by atoms with Crippen molar-refractivity contribution in [2.24, 2.45) is 5.10 Å². The first-order valence-corrected chi connectivity index (χ1v) is 12.6. The van der Waals surface area contributed by atoms with Crippen LogP contribution in [0, 0.1) is 0 Å². The molecule has 9 nitrogen and oxygen atoms in total. The van der Waals surface area contributed by atoms with Gasteiger partial charge in [-0.25, -0.2) is 5.01 Å². The smallest absolute Gasteiger partial charge is 0.262 e. The molecule has 1 heterocycles. The Labute approximate surface area is 228 Å². The van der Waals surface area contributed by atoms with Crippen molar-refractivity contribution < 1.29 is 28.5 Å². The number of carbonyl (C=O) groups excluding carboxylic acids is 2. The second-order valence-electron chi connectivity index (χ2n) is 8.96. The summed E-state index contributed by atoms with van der Waals surface area (Å²) in [5.74, 6) is 1.49. The maximum absolute atomic E-state index is 13.8. The first kappa shape index (κ1) is 27.7. The molecule has 1 aliphatic heterocycles. The largest absolute Gasteiger partial charge is 0.497 e. The highest BCUT2D eigenvalue weighted by Gasteiger charge is 2.34. The summed E-state index contributed by atoms with van der Waals surface area (Å²) in [6.45, 7) is 0.381. The van der Waals surface area contributed by atoms with Crippen molar-refractivity contribution in [3.05, 3.63) is 89.5 Å². The number of hydrazone groups is 1. The van der Waals surface area contributed by atoms with Crippen LogP contribution in [0.25, 0.3) is 0 Å². The van der Waals surface area contributed by atoms with Gasteiger partial charge in [-0.15, -0.1) is 0 Å². The standard InChI is InChI=1S/C30H33N3O6/c1-36-17-16-32(30(35)22-10-14-25(38-3)15-11-22)20-29(34)33-28(21-8-12-24(37-2)13-9-21)19-27(31-33)23-6-5-7-26(18-23)39-4/h5-15,18,28H,16-17,19-20H2,1-4H3/t28-/m1/s1. The second-order valence-corrected chi connectivity index (χ2v) is 8.96. The molecule has 0 unspecified atom stereocenters. The molecule has 4 rings (SSSR count). The molecule has 0 fully saturated rings. The number of nitrogens with zero attached hydrogens (tertiary/aromatic N) is 3. The Morgan fingerprint density at radius 3 is 2.13 bits per heavy atom. The summed E-state index contributed by atoms with van der Waals surface area (Å²) in [5.41, 5.74) is 2.99. The molecule has 39 heavy (non-hydrogen) atoms. The summed E-state index contributed by atoms with van der Waals surface area (Å²) in [5, 5.41) is 6.23. The van der Waals surface area contributed by atoms with Gasteiger partial charge in [-0.2, -0.15) is 5.10 Å². The molecule has 1 atom stereocenters. The fourth-order valence-electron chi connectivity index (χ4n) is 4.41. The van der Waals surface area contributed by atoms with Crippen LogP contribution in [0.3, 0.4) is 0 Å². The molecule has 9 heteroatoms. The van der Waals surface area contributed by atoms with Gasteiger partial charge >= 0.3 is 0 Å². The van der Waals surface area contributed by atoms with E-state index in [0.717, 1.165) is 22.6 Å². The molecule has 0 N–H and O–H groups in total. The Balaban J connectivity index is 1.63. The van der Waals surface area contributed by atoms with Gasteiger partial charge in [-0.05, 0) is 54.1 Å². The lowest BCUT2D eigenvalue weighted by atomic mass is 9.98. The normalized spacial score (nSPS) is 14.5. The Morgan fingerprint density at radius 2 is 1.51 bits per heavy atom. The molecule has 0 aromatic heterocycles. The van der Waals surface area contributed by atoms with E-state index in [1.807, 2.05) is 48.5 Å². The third-order valence-corrected chi connectivity index (χ3v) is 6.59. The predicted molar refractivity (Wildman–Crippen MR) is 148 cm³/mol. The SMILES string of the molecule is COCCN(CC(=O)N1N=C(c2cccc(OC)c2)C[C@@H]1c1ccc(OC)cc1)C(=O)c1ccc(OC)cc1. The zero-order valence-electron chi connectivity index (χ0n) is 22.6. The van der Waals surface area contributed by atoms with E-state index in [0.29, 0.717) is 23.5 Å². The van der Waals surface area contributed by atoms with Gasteiger partial charge in [0.25, 0.3) is 11.8 Å². The lowest BCUT2D eigenvalue weighted by Gasteiger charge is -2.27. The van der Waals surface area contributed by atoms with Crippen molar-refractivity contribution in [2.75, 3.05) is 48.1 Å². The minimum Gasteiger partial charge on any atom is -0.497 e. The predicted octanol–water partition coefficient (Wildman–Crippen LogP) is 4.18. The van der Waals surface area contributed by atoms with Crippen LogP contribution in [0.5, 0.6) is 17.2 Å². The van der Waals surface area contributed by atoms with Gasteiger partial charge in [0, 0.05) is 31.2 Å². The Hall–Kier alpha value is -4.37. The van der Waals surface area contributed by atoms with Crippen LogP contribution in [0.4, 0.5) is 0 Å². The Bertz CT molecular complexity index is 1310. The summed E-state index contributed by atoms with van der Waals surface area (Å²) < 4.78 is 21.1. The molecule has 0 radical (unpaired) electrons. The maximum Gasteiger partial charge on any atom is 0.262 e. The van der Waals surface area contributed by atoms with Gasteiger partial charge in [0.05, 0.1) is 39.7 Å². The van der Waals surface area contributed by atoms with Gasteiger partial charge in [0.2, 0.25) is 0 Å². The molecule has 0 saturated carbocycles. The first-order valence-electron chi connectivity index (χ1n) is 12.6. The van der Waals surface area contributed by atoms with Crippen LogP contribution in [-0.4, -0.2) is 75.6 Å². The van der Waals surface area contributed by atoms with E-state index in [-0.39, 0.29) is 37.6 Å². The molecular formula is C30H33N3O6. The van der Waals surface area contributed by atoms with Crippen LogP contribution < -0.4 is 14.2 Å². The molecule has 0 spiro atoms. The number of methoxy groups -OCH3 is 4. The fourth-order valence-corrected chi connectivity index (χ4v) is 4.41. The van der Waals surface area contributed by atoms with Crippen LogP contribution in [0.1, 0.15) is 33.9 Å². The number of rotatable bonds is 11. The van der Waals surface area contributed by atoms with Crippen molar-refractivity contribution >= 4 is 17.5 Å². The minimum absolute atomic E-state index is 0.157. The average Bonchev–Trinajstić information content (AvgIpc) is 3.45. The molecule has 3 aromatic rings. The number of carbonyl (C=O) groups is 2. The molecule has 204 valence electrons. The summed E-state index contributed by atoms with van der Waals surface area (Å²) in [6.07, 6.45) is 0.510. The molecule has 3 aromatic carbocycles. The molecule has 0 aliphatic carbocycles. The van der Waals surface area contributed by atoms with Crippen molar-refractivity contribution in [1.29, 1.82) is 0 Å². The van der Waals surface area contributed by atoms with Crippen LogP contribution >= 0.6 is 0 Å². The molecule has 0 bridgehead atoms. The minimum atomic E-state index is -0.343. The van der Waals surface area contributed by atoms with Crippen molar-refractivity contribution in [1.82, 2.24) is 9.91 Å². The van der Waals surface area contributed by atoms with E-state index in [2.05, 4.69) is 0 Å². The summed E-state index contributed by atoms with van der Waals surface area (Å²) >= 11 is 0. The van der Waals surface area contributed by atoms with Crippen LogP contribution in [-0.2, 0) is 9.53 Å². The van der Waals surface area contributed by atoms with E-state index < -0.39 is 0 Å². The van der Waals surface area contributed by atoms with E-state index in [4.69, 9.17) is 24.0 Å². The molecule has 1 aliphatic rings. The summed E-state index contributed by atoms with van der Waals surface area (Å²) in [7, 11) is 6.34. The van der Waals surface area contributed by atoms with Gasteiger partial charge in [0.15, 0.2) is 0 Å². The van der Waals surface area contributed by atoms with Gasteiger partial charge in [0.1, 0.15) is 23.8 Å².